The molecule has 0 radical (unpaired) electrons. The van der Waals surface area contributed by atoms with Gasteiger partial charge >= 0.3 is 0 Å². The van der Waals surface area contributed by atoms with Gasteiger partial charge in [-0.3, -0.25) is 14.4 Å². The highest BCUT2D eigenvalue weighted by atomic mass is 16.5. The molecule has 1 aliphatic heterocycles. The number of fused-ring (bicyclic) bond motifs is 1. The highest BCUT2D eigenvalue weighted by Crippen LogP contribution is 2.28. The minimum absolute atomic E-state index is 0.0411. The van der Waals surface area contributed by atoms with Gasteiger partial charge in [-0.05, 0) is 92.3 Å². The van der Waals surface area contributed by atoms with Crippen molar-refractivity contribution in [3.63, 3.8) is 0 Å². The Morgan fingerprint density at radius 2 is 1.45 bits per heavy atom. The number of aryl methyl sites for hydroxylation is 1. The summed E-state index contributed by atoms with van der Waals surface area (Å²) in [4.78, 5) is 40.5. The Bertz CT molecular complexity index is 1520. The van der Waals surface area contributed by atoms with Crippen LogP contribution in [0, 0.1) is 0 Å². The van der Waals surface area contributed by atoms with Crippen molar-refractivity contribution in [2.75, 3.05) is 29.9 Å². The highest BCUT2D eigenvalue weighted by molar-refractivity contribution is 6.08. The molecule has 4 aromatic rings. The zero-order chi connectivity index (χ0) is 29.1. The second-order valence-corrected chi connectivity index (χ2v) is 10.2. The first-order valence-corrected chi connectivity index (χ1v) is 14.5. The summed E-state index contributed by atoms with van der Waals surface area (Å²) < 4.78 is 5.92. The summed E-state index contributed by atoms with van der Waals surface area (Å²) >= 11 is 0. The van der Waals surface area contributed by atoms with E-state index >= 15 is 0 Å². The summed E-state index contributed by atoms with van der Waals surface area (Å²) in [6.45, 7) is 1.65. The molecule has 4 aromatic carbocycles. The van der Waals surface area contributed by atoms with Crippen LogP contribution < -0.4 is 20.3 Å². The van der Waals surface area contributed by atoms with Gasteiger partial charge in [0, 0.05) is 35.6 Å². The van der Waals surface area contributed by atoms with Gasteiger partial charge in [-0.15, -0.1) is 0 Å². The van der Waals surface area contributed by atoms with E-state index in [0.717, 1.165) is 37.8 Å². The van der Waals surface area contributed by atoms with E-state index in [-0.39, 0.29) is 17.7 Å². The number of nitrogens with one attached hydrogen (secondary N) is 2. The van der Waals surface area contributed by atoms with Crippen molar-refractivity contribution in [3.8, 4) is 5.75 Å². The number of para-hydroxylation sites is 2. The molecule has 1 aliphatic rings. The molecule has 0 unspecified atom stereocenters. The Morgan fingerprint density at radius 3 is 2.29 bits per heavy atom. The fourth-order valence-corrected chi connectivity index (χ4v) is 5.04. The maximum atomic E-state index is 13.4. The van der Waals surface area contributed by atoms with E-state index < -0.39 is 0 Å². The van der Waals surface area contributed by atoms with Gasteiger partial charge in [0.25, 0.3) is 17.7 Å². The van der Waals surface area contributed by atoms with E-state index in [9.17, 15) is 14.4 Å². The van der Waals surface area contributed by atoms with Crippen LogP contribution in [-0.4, -0.2) is 37.4 Å². The molecule has 7 heteroatoms. The van der Waals surface area contributed by atoms with Crippen molar-refractivity contribution in [3.05, 3.63) is 125 Å². The smallest absolute Gasteiger partial charge is 0.259 e. The van der Waals surface area contributed by atoms with Crippen molar-refractivity contribution < 1.29 is 19.1 Å². The molecule has 3 amide bonds. The standard InChI is InChI=1S/C35H35N3O4/c39-33(27-14-2-1-3-15-27)36-23-9-11-25-42-32-18-7-5-16-30(32)34(40)37-29-21-19-28(20-22-29)35(41)38-24-10-8-13-26-12-4-6-17-31(26)38/h1-7,12,14-22H,8-11,13,23-25H2,(H,36,39)(H,37,40). The third-order valence-electron chi connectivity index (χ3n) is 7.28. The van der Waals surface area contributed by atoms with E-state index in [1.54, 1.807) is 54.6 Å². The van der Waals surface area contributed by atoms with Crippen molar-refractivity contribution in [1.82, 2.24) is 5.32 Å². The van der Waals surface area contributed by atoms with Crippen molar-refractivity contribution in [2.45, 2.75) is 32.1 Å². The molecular formula is C35H35N3O4. The number of carbonyl (C=O) groups excluding carboxylic acids is 3. The summed E-state index contributed by atoms with van der Waals surface area (Å²) in [6.07, 6.45) is 4.47. The number of hydrogen-bond acceptors (Lipinski definition) is 4. The zero-order valence-corrected chi connectivity index (χ0v) is 23.6. The predicted octanol–water partition coefficient (Wildman–Crippen LogP) is 6.51. The minimum Gasteiger partial charge on any atom is -0.493 e. The molecule has 0 bridgehead atoms. The molecule has 214 valence electrons. The summed E-state index contributed by atoms with van der Waals surface area (Å²) in [6, 6.07) is 31.3. The number of benzene rings is 4. The van der Waals surface area contributed by atoms with Gasteiger partial charge in [0.1, 0.15) is 5.75 Å². The molecule has 0 saturated heterocycles. The van der Waals surface area contributed by atoms with Crippen LogP contribution in [0.2, 0.25) is 0 Å². The second kappa shape index (κ2) is 14.1. The van der Waals surface area contributed by atoms with E-state index in [1.165, 1.54) is 5.56 Å². The van der Waals surface area contributed by atoms with Gasteiger partial charge in [0.05, 0.1) is 12.2 Å². The first-order valence-electron chi connectivity index (χ1n) is 14.5. The van der Waals surface area contributed by atoms with Gasteiger partial charge in [0.2, 0.25) is 0 Å². The number of nitrogens with zero attached hydrogens (tertiary/aromatic N) is 1. The number of amides is 3. The summed E-state index contributed by atoms with van der Waals surface area (Å²) in [5, 5.41) is 5.83. The zero-order valence-electron chi connectivity index (χ0n) is 23.6. The Balaban J connectivity index is 1.13. The average Bonchev–Trinajstić information content (AvgIpc) is 3.26. The lowest BCUT2D eigenvalue weighted by atomic mass is 10.1. The molecule has 0 fully saturated rings. The monoisotopic (exact) mass is 561 g/mol. The van der Waals surface area contributed by atoms with Crippen LogP contribution >= 0.6 is 0 Å². The van der Waals surface area contributed by atoms with Crippen molar-refractivity contribution in [1.29, 1.82) is 0 Å². The van der Waals surface area contributed by atoms with Gasteiger partial charge in [0.15, 0.2) is 0 Å². The topological polar surface area (TPSA) is 87.7 Å². The molecule has 0 aromatic heterocycles. The third-order valence-corrected chi connectivity index (χ3v) is 7.28. The first-order chi connectivity index (χ1) is 20.6. The van der Waals surface area contributed by atoms with E-state index in [1.807, 2.05) is 47.4 Å². The van der Waals surface area contributed by atoms with Crippen LogP contribution in [0.3, 0.4) is 0 Å². The number of rotatable bonds is 10. The van der Waals surface area contributed by atoms with Gasteiger partial charge in [-0.2, -0.15) is 0 Å². The van der Waals surface area contributed by atoms with Crippen LogP contribution in [0.4, 0.5) is 11.4 Å². The van der Waals surface area contributed by atoms with Crippen molar-refractivity contribution in [2.24, 2.45) is 0 Å². The summed E-state index contributed by atoms with van der Waals surface area (Å²) in [5.41, 5.74) is 4.41. The number of unbranched alkanes of at least 4 members (excludes halogenated alkanes) is 1. The second-order valence-electron chi connectivity index (χ2n) is 10.2. The summed E-state index contributed by atoms with van der Waals surface area (Å²) in [5.74, 6) is 0.0695. The Morgan fingerprint density at radius 1 is 0.714 bits per heavy atom. The van der Waals surface area contributed by atoms with Gasteiger partial charge in [-0.1, -0.05) is 48.5 Å². The van der Waals surface area contributed by atoms with Crippen LogP contribution in [0.15, 0.2) is 103 Å². The molecule has 2 N–H and O–H groups in total. The Hall–Kier alpha value is -4.91. The molecule has 1 heterocycles. The number of hydrogen-bond donors (Lipinski definition) is 2. The SMILES string of the molecule is O=C(NCCCCOc1ccccc1C(=O)Nc1ccc(C(=O)N2CCCCc3ccccc32)cc1)c1ccccc1. The van der Waals surface area contributed by atoms with E-state index in [2.05, 4.69) is 16.7 Å². The molecule has 0 aliphatic carbocycles. The van der Waals surface area contributed by atoms with E-state index in [4.69, 9.17) is 4.74 Å². The maximum absolute atomic E-state index is 13.4. The van der Waals surface area contributed by atoms with Gasteiger partial charge < -0.3 is 20.3 Å². The fraction of sp³-hybridized carbons (Fsp3) is 0.229. The molecular weight excluding hydrogens is 526 g/mol. The summed E-state index contributed by atoms with van der Waals surface area (Å²) in [7, 11) is 0. The molecule has 7 nitrogen and oxygen atoms in total. The van der Waals surface area contributed by atoms with Crippen LogP contribution in [0.25, 0.3) is 0 Å². The Labute approximate surface area is 246 Å². The normalized spacial score (nSPS) is 12.5. The van der Waals surface area contributed by atoms with Gasteiger partial charge in [-0.25, -0.2) is 0 Å². The number of carbonyl (C=O) groups is 3. The molecule has 42 heavy (non-hydrogen) atoms. The fourth-order valence-electron chi connectivity index (χ4n) is 5.04. The third kappa shape index (κ3) is 7.23. The van der Waals surface area contributed by atoms with Crippen molar-refractivity contribution >= 4 is 29.1 Å². The van der Waals surface area contributed by atoms with Crippen LogP contribution in [-0.2, 0) is 6.42 Å². The lowest BCUT2D eigenvalue weighted by Gasteiger charge is -2.23. The van der Waals surface area contributed by atoms with E-state index in [0.29, 0.717) is 47.8 Å². The van der Waals surface area contributed by atoms with Crippen LogP contribution in [0.1, 0.15) is 62.3 Å². The average molecular weight is 562 g/mol. The molecule has 0 saturated carbocycles. The lowest BCUT2D eigenvalue weighted by molar-refractivity contribution is 0.0949. The molecule has 0 atom stereocenters. The first kappa shape index (κ1) is 28.6. The lowest BCUT2D eigenvalue weighted by Crippen LogP contribution is -2.31. The highest BCUT2D eigenvalue weighted by Gasteiger charge is 2.22. The Kier molecular flexibility index (Phi) is 9.62. The number of ether oxygens (including phenoxy) is 1. The largest absolute Gasteiger partial charge is 0.493 e. The quantitative estimate of drug-likeness (QED) is 0.216. The minimum atomic E-state index is -0.291. The molecule has 0 spiro atoms. The van der Waals surface area contributed by atoms with Crippen LogP contribution in [0.5, 0.6) is 5.75 Å². The number of anilines is 2. The molecule has 5 rings (SSSR count). The predicted molar refractivity (Wildman–Crippen MR) is 165 cm³/mol. The maximum Gasteiger partial charge on any atom is 0.259 e.